The first-order chi connectivity index (χ1) is 7.04. The van der Waals surface area contributed by atoms with Crippen LogP contribution in [0.5, 0.6) is 0 Å². The largest absolute Gasteiger partial charge is 0.480 e. The smallest absolute Gasteiger partial charge is 0.323 e. The molecule has 0 aliphatic rings. The van der Waals surface area contributed by atoms with E-state index in [4.69, 9.17) is 28.3 Å². The van der Waals surface area contributed by atoms with Gasteiger partial charge in [-0.25, -0.2) is 0 Å². The molecule has 0 saturated carbocycles. The molecule has 15 heavy (non-hydrogen) atoms. The molecule has 0 saturated heterocycles. The SMILES string of the molecule is O=CN(CC(=O)O)c1cc(Cl)ccc1Cl. The van der Waals surface area contributed by atoms with Gasteiger partial charge in [-0.2, -0.15) is 0 Å². The molecule has 0 bridgehead atoms. The van der Waals surface area contributed by atoms with Gasteiger partial charge in [-0.15, -0.1) is 0 Å². The highest BCUT2D eigenvalue weighted by Gasteiger charge is 2.13. The van der Waals surface area contributed by atoms with Crippen LogP contribution < -0.4 is 4.90 Å². The summed E-state index contributed by atoms with van der Waals surface area (Å²) in [5, 5.41) is 9.21. The molecule has 0 spiro atoms. The number of carbonyl (C=O) groups is 2. The first-order valence-electron chi connectivity index (χ1n) is 3.93. The number of carboxylic acid groups (broad SMARTS) is 1. The predicted octanol–water partition coefficient (Wildman–Crippen LogP) is 2.04. The third-order valence-corrected chi connectivity index (χ3v) is 2.21. The van der Waals surface area contributed by atoms with E-state index in [0.29, 0.717) is 11.4 Å². The molecule has 0 aliphatic carbocycles. The molecule has 0 aromatic heterocycles. The van der Waals surface area contributed by atoms with Crippen LogP contribution in [0.15, 0.2) is 18.2 Å². The Labute approximate surface area is 96.0 Å². The lowest BCUT2D eigenvalue weighted by Gasteiger charge is -2.16. The molecular weight excluding hydrogens is 241 g/mol. The van der Waals surface area contributed by atoms with E-state index in [-0.39, 0.29) is 10.7 Å². The number of aliphatic carboxylic acids is 1. The van der Waals surface area contributed by atoms with Crippen molar-refractivity contribution in [2.75, 3.05) is 11.4 Å². The van der Waals surface area contributed by atoms with Crippen LogP contribution in [0, 0.1) is 0 Å². The van der Waals surface area contributed by atoms with E-state index in [1.54, 1.807) is 6.07 Å². The normalized spacial score (nSPS) is 9.73. The van der Waals surface area contributed by atoms with Crippen LogP contribution in [0.25, 0.3) is 0 Å². The van der Waals surface area contributed by atoms with Crippen molar-refractivity contribution >= 4 is 41.3 Å². The van der Waals surface area contributed by atoms with Crippen molar-refractivity contribution in [1.82, 2.24) is 0 Å². The Kier molecular flexibility index (Phi) is 3.94. The number of hydrogen-bond donors (Lipinski definition) is 1. The van der Waals surface area contributed by atoms with Gasteiger partial charge < -0.3 is 10.0 Å². The lowest BCUT2D eigenvalue weighted by molar-refractivity contribution is -0.136. The van der Waals surface area contributed by atoms with Crippen LogP contribution in [-0.4, -0.2) is 24.0 Å². The molecule has 0 heterocycles. The standard InChI is InChI=1S/C9H7Cl2NO3/c10-6-1-2-7(11)8(3-6)12(5-13)4-9(14)15/h1-3,5H,4H2,(H,14,15). The van der Waals surface area contributed by atoms with Gasteiger partial charge in [0.25, 0.3) is 0 Å². The Bertz CT molecular complexity index is 395. The number of halogens is 2. The van der Waals surface area contributed by atoms with Gasteiger partial charge in [0, 0.05) is 5.02 Å². The summed E-state index contributed by atoms with van der Waals surface area (Å²) in [4.78, 5) is 22.1. The summed E-state index contributed by atoms with van der Waals surface area (Å²) in [5.74, 6) is -1.13. The molecule has 1 amide bonds. The predicted molar refractivity (Wildman–Crippen MR) is 57.5 cm³/mol. The lowest BCUT2D eigenvalue weighted by Crippen LogP contribution is -2.28. The van der Waals surface area contributed by atoms with Crippen molar-refractivity contribution in [2.24, 2.45) is 0 Å². The Morgan fingerprint density at radius 2 is 2.13 bits per heavy atom. The maximum Gasteiger partial charge on any atom is 0.323 e. The maximum atomic E-state index is 10.7. The average molecular weight is 248 g/mol. The van der Waals surface area contributed by atoms with E-state index in [0.717, 1.165) is 4.90 Å². The van der Waals surface area contributed by atoms with Gasteiger partial charge in [0.05, 0.1) is 10.7 Å². The summed E-state index contributed by atoms with van der Waals surface area (Å²) in [6.07, 6.45) is 0.395. The van der Waals surface area contributed by atoms with Crippen LogP contribution >= 0.6 is 23.2 Å². The van der Waals surface area contributed by atoms with E-state index in [1.807, 2.05) is 0 Å². The molecule has 0 aliphatic heterocycles. The van der Waals surface area contributed by atoms with Crippen LogP contribution in [0.2, 0.25) is 10.0 Å². The highest BCUT2D eigenvalue weighted by molar-refractivity contribution is 6.35. The van der Waals surface area contributed by atoms with Crippen molar-refractivity contribution < 1.29 is 14.7 Å². The van der Waals surface area contributed by atoms with Gasteiger partial charge in [-0.1, -0.05) is 23.2 Å². The van der Waals surface area contributed by atoms with E-state index in [1.165, 1.54) is 12.1 Å². The minimum absolute atomic E-state index is 0.271. The Hall–Kier alpha value is -1.26. The summed E-state index contributed by atoms with van der Waals surface area (Å²) in [5.41, 5.74) is 0.279. The number of anilines is 1. The monoisotopic (exact) mass is 247 g/mol. The number of carboxylic acids is 1. The van der Waals surface area contributed by atoms with Gasteiger partial charge >= 0.3 is 5.97 Å². The van der Waals surface area contributed by atoms with Gasteiger partial charge in [-0.05, 0) is 18.2 Å². The second-order valence-corrected chi connectivity index (χ2v) is 3.57. The van der Waals surface area contributed by atoms with Crippen molar-refractivity contribution in [3.63, 3.8) is 0 Å². The Morgan fingerprint density at radius 1 is 1.47 bits per heavy atom. The van der Waals surface area contributed by atoms with Crippen LogP contribution in [0.3, 0.4) is 0 Å². The van der Waals surface area contributed by atoms with Crippen molar-refractivity contribution in [2.45, 2.75) is 0 Å². The number of hydrogen-bond acceptors (Lipinski definition) is 2. The summed E-state index contributed by atoms with van der Waals surface area (Å²) in [6.45, 7) is -0.455. The topological polar surface area (TPSA) is 57.6 Å². The lowest BCUT2D eigenvalue weighted by atomic mass is 10.3. The van der Waals surface area contributed by atoms with Crippen LogP contribution in [0.1, 0.15) is 0 Å². The minimum Gasteiger partial charge on any atom is -0.480 e. The summed E-state index contributed by atoms with van der Waals surface area (Å²) in [7, 11) is 0. The molecule has 6 heteroatoms. The van der Waals surface area contributed by atoms with Gasteiger partial charge in [0.2, 0.25) is 6.41 Å². The van der Waals surface area contributed by atoms with Crippen molar-refractivity contribution in [1.29, 1.82) is 0 Å². The molecule has 80 valence electrons. The first-order valence-corrected chi connectivity index (χ1v) is 4.69. The number of amides is 1. The molecule has 4 nitrogen and oxygen atoms in total. The Balaban J connectivity index is 3.05. The second kappa shape index (κ2) is 5.00. The molecule has 0 atom stereocenters. The number of rotatable bonds is 4. The zero-order chi connectivity index (χ0) is 11.4. The summed E-state index contributed by atoms with van der Waals surface area (Å²) >= 11 is 11.5. The van der Waals surface area contributed by atoms with Crippen LogP contribution in [-0.2, 0) is 9.59 Å². The highest BCUT2D eigenvalue weighted by Crippen LogP contribution is 2.28. The molecular formula is C9H7Cl2NO3. The maximum absolute atomic E-state index is 10.7. The third kappa shape index (κ3) is 3.11. The first kappa shape index (κ1) is 11.8. The molecule has 1 aromatic rings. The summed E-state index contributed by atoms with van der Waals surface area (Å²) in [6, 6.07) is 4.48. The van der Waals surface area contributed by atoms with E-state index < -0.39 is 12.5 Å². The highest BCUT2D eigenvalue weighted by atomic mass is 35.5. The van der Waals surface area contributed by atoms with E-state index >= 15 is 0 Å². The molecule has 1 N–H and O–H groups in total. The molecule has 0 unspecified atom stereocenters. The Morgan fingerprint density at radius 3 is 2.67 bits per heavy atom. The second-order valence-electron chi connectivity index (χ2n) is 2.72. The summed E-state index contributed by atoms with van der Waals surface area (Å²) < 4.78 is 0. The van der Waals surface area contributed by atoms with Gasteiger partial charge in [-0.3, -0.25) is 9.59 Å². The van der Waals surface area contributed by atoms with Crippen molar-refractivity contribution in [3.8, 4) is 0 Å². The van der Waals surface area contributed by atoms with Crippen molar-refractivity contribution in [3.05, 3.63) is 28.2 Å². The number of nitrogens with zero attached hydrogens (tertiary/aromatic N) is 1. The minimum atomic E-state index is -1.13. The average Bonchev–Trinajstić information content (AvgIpc) is 2.18. The quantitative estimate of drug-likeness (QED) is 0.829. The zero-order valence-corrected chi connectivity index (χ0v) is 9.00. The van der Waals surface area contributed by atoms with E-state index in [2.05, 4.69) is 0 Å². The van der Waals surface area contributed by atoms with Gasteiger partial charge in [0.1, 0.15) is 6.54 Å². The fourth-order valence-electron chi connectivity index (χ4n) is 1.03. The van der Waals surface area contributed by atoms with E-state index in [9.17, 15) is 9.59 Å². The molecule has 0 radical (unpaired) electrons. The fourth-order valence-corrected chi connectivity index (χ4v) is 1.42. The molecule has 0 fully saturated rings. The number of benzene rings is 1. The molecule has 1 rings (SSSR count). The zero-order valence-electron chi connectivity index (χ0n) is 7.48. The third-order valence-electron chi connectivity index (χ3n) is 1.65. The van der Waals surface area contributed by atoms with Crippen LogP contribution in [0.4, 0.5) is 5.69 Å². The fraction of sp³-hybridized carbons (Fsp3) is 0.111. The van der Waals surface area contributed by atoms with Gasteiger partial charge in [0.15, 0.2) is 0 Å². The number of carbonyl (C=O) groups excluding carboxylic acids is 1. The molecule has 1 aromatic carbocycles.